The van der Waals surface area contributed by atoms with E-state index in [1.165, 1.54) is 15.0 Å². The van der Waals surface area contributed by atoms with E-state index in [1.807, 2.05) is 34.5 Å². The van der Waals surface area contributed by atoms with Crippen LogP contribution in [-0.2, 0) is 6.54 Å². The molecule has 2 unspecified atom stereocenters. The van der Waals surface area contributed by atoms with Gasteiger partial charge in [-0.1, -0.05) is 18.2 Å². The molecular formula is C16H19N3S. The maximum atomic E-state index is 4.25. The normalized spacial score (nSPS) is 14.5. The largest absolute Gasteiger partial charge is 0.305 e. The molecule has 0 amide bonds. The molecule has 0 saturated heterocycles. The zero-order chi connectivity index (χ0) is 13.9. The Balaban J connectivity index is 1.67. The number of benzene rings is 1. The number of hydrogen-bond acceptors (Lipinski definition) is 3. The summed E-state index contributed by atoms with van der Waals surface area (Å²) in [4.78, 5) is 1.39. The molecule has 0 saturated carbocycles. The second kappa shape index (κ2) is 5.77. The van der Waals surface area contributed by atoms with Gasteiger partial charge in [0.25, 0.3) is 0 Å². The van der Waals surface area contributed by atoms with Gasteiger partial charge in [0.1, 0.15) is 0 Å². The number of nitrogens with one attached hydrogen (secondary N) is 1. The van der Waals surface area contributed by atoms with Crippen molar-refractivity contribution in [2.45, 2.75) is 32.5 Å². The van der Waals surface area contributed by atoms with Gasteiger partial charge in [-0.3, -0.25) is 4.68 Å². The lowest BCUT2D eigenvalue weighted by Crippen LogP contribution is -2.32. The second-order valence-electron chi connectivity index (χ2n) is 5.20. The van der Waals surface area contributed by atoms with Crippen LogP contribution in [0.2, 0.25) is 0 Å². The molecule has 1 N–H and O–H groups in total. The molecule has 0 aliphatic carbocycles. The van der Waals surface area contributed by atoms with Gasteiger partial charge in [0.2, 0.25) is 0 Å². The first kappa shape index (κ1) is 13.3. The van der Waals surface area contributed by atoms with E-state index in [2.05, 4.69) is 54.6 Å². The Morgan fingerprint density at radius 2 is 2.10 bits per heavy atom. The molecule has 3 rings (SSSR count). The minimum Gasteiger partial charge on any atom is -0.305 e. The molecule has 4 heteroatoms. The molecule has 0 fully saturated rings. The Kier molecular flexibility index (Phi) is 3.85. The van der Waals surface area contributed by atoms with E-state index in [4.69, 9.17) is 0 Å². The standard InChI is InChI=1S/C16H19N3S/c1-12(11-19-9-5-8-17-19)18-13(2)16-10-14-6-3-4-7-15(14)20-16/h3-10,12-13,18H,11H2,1-2H3. The fourth-order valence-corrected chi connectivity index (χ4v) is 3.54. The van der Waals surface area contributed by atoms with E-state index in [1.54, 1.807) is 0 Å². The Labute approximate surface area is 123 Å². The Morgan fingerprint density at radius 3 is 2.85 bits per heavy atom. The van der Waals surface area contributed by atoms with Crippen molar-refractivity contribution in [2.75, 3.05) is 0 Å². The molecule has 20 heavy (non-hydrogen) atoms. The van der Waals surface area contributed by atoms with Crippen molar-refractivity contribution in [3.05, 3.63) is 53.7 Å². The summed E-state index contributed by atoms with van der Waals surface area (Å²) < 4.78 is 3.32. The Morgan fingerprint density at radius 1 is 1.25 bits per heavy atom. The summed E-state index contributed by atoms with van der Waals surface area (Å²) in [6.07, 6.45) is 3.82. The van der Waals surface area contributed by atoms with Crippen LogP contribution in [0.1, 0.15) is 24.8 Å². The number of rotatable bonds is 5. The summed E-state index contributed by atoms with van der Waals surface area (Å²) in [6, 6.07) is 13.5. The van der Waals surface area contributed by atoms with E-state index in [-0.39, 0.29) is 0 Å². The predicted octanol–water partition coefficient (Wildman–Crippen LogP) is 3.84. The molecule has 104 valence electrons. The highest BCUT2D eigenvalue weighted by Gasteiger charge is 2.12. The molecule has 3 nitrogen and oxygen atoms in total. The van der Waals surface area contributed by atoms with Gasteiger partial charge >= 0.3 is 0 Å². The number of thiophene rings is 1. The van der Waals surface area contributed by atoms with Gasteiger partial charge in [0, 0.05) is 34.1 Å². The number of aromatic nitrogens is 2. The van der Waals surface area contributed by atoms with Crippen LogP contribution in [0.5, 0.6) is 0 Å². The molecular weight excluding hydrogens is 266 g/mol. The van der Waals surface area contributed by atoms with Crippen molar-refractivity contribution in [3.8, 4) is 0 Å². The van der Waals surface area contributed by atoms with E-state index in [0.29, 0.717) is 12.1 Å². The van der Waals surface area contributed by atoms with Crippen molar-refractivity contribution in [2.24, 2.45) is 0 Å². The second-order valence-corrected chi connectivity index (χ2v) is 6.32. The minimum atomic E-state index is 0.359. The average molecular weight is 285 g/mol. The van der Waals surface area contributed by atoms with Crippen LogP contribution in [0, 0.1) is 0 Å². The van der Waals surface area contributed by atoms with Gasteiger partial charge in [-0.15, -0.1) is 11.3 Å². The van der Waals surface area contributed by atoms with Gasteiger partial charge < -0.3 is 5.32 Å². The lowest BCUT2D eigenvalue weighted by molar-refractivity contribution is 0.415. The summed E-state index contributed by atoms with van der Waals surface area (Å²) >= 11 is 1.87. The van der Waals surface area contributed by atoms with Crippen molar-refractivity contribution < 1.29 is 0 Å². The zero-order valence-electron chi connectivity index (χ0n) is 11.8. The monoisotopic (exact) mass is 285 g/mol. The molecule has 1 aromatic carbocycles. The molecule has 0 aliphatic rings. The summed E-state index contributed by atoms with van der Waals surface area (Å²) in [6.45, 7) is 5.32. The lowest BCUT2D eigenvalue weighted by Gasteiger charge is -2.19. The smallest absolute Gasteiger partial charge is 0.0560 e. The SMILES string of the molecule is CC(Cn1cccn1)NC(C)c1cc2ccccc2s1. The molecule has 2 atom stereocenters. The molecule has 0 spiro atoms. The molecule has 3 aromatic rings. The van der Waals surface area contributed by atoms with E-state index >= 15 is 0 Å². The third kappa shape index (κ3) is 2.92. The molecule has 0 bridgehead atoms. The maximum absolute atomic E-state index is 4.25. The van der Waals surface area contributed by atoms with E-state index in [0.717, 1.165) is 6.54 Å². The van der Waals surface area contributed by atoms with Crippen LogP contribution >= 0.6 is 11.3 Å². The molecule has 0 radical (unpaired) electrons. The van der Waals surface area contributed by atoms with Crippen molar-refractivity contribution in [3.63, 3.8) is 0 Å². The predicted molar refractivity (Wildman–Crippen MR) is 85.1 cm³/mol. The lowest BCUT2D eigenvalue weighted by atomic mass is 10.2. The Bertz CT molecular complexity index is 639. The number of hydrogen-bond donors (Lipinski definition) is 1. The van der Waals surface area contributed by atoms with E-state index in [9.17, 15) is 0 Å². The summed E-state index contributed by atoms with van der Waals surface area (Å²) in [5.41, 5.74) is 0. The average Bonchev–Trinajstić information content (AvgIpc) is 3.06. The highest BCUT2D eigenvalue weighted by atomic mass is 32.1. The topological polar surface area (TPSA) is 29.9 Å². The quantitative estimate of drug-likeness (QED) is 0.772. The minimum absolute atomic E-state index is 0.359. The zero-order valence-corrected chi connectivity index (χ0v) is 12.6. The molecule has 0 aliphatic heterocycles. The molecule has 2 aromatic heterocycles. The highest BCUT2D eigenvalue weighted by Crippen LogP contribution is 2.29. The summed E-state index contributed by atoms with van der Waals surface area (Å²) in [7, 11) is 0. The summed E-state index contributed by atoms with van der Waals surface area (Å²) in [5, 5.41) is 9.23. The first-order valence-corrected chi connectivity index (χ1v) is 7.76. The van der Waals surface area contributed by atoms with Crippen LogP contribution in [0.3, 0.4) is 0 Å². The van der Waals surface area contributed by atoms with Crippen LogP contribution in [0.15, 0.2) is 48.8 Å². The van der Waals surface area contributed by atoms with Crippen LogP contribution < -0.4 is 5.32 Å². The first-order chi connectivity index (χ1) is 9.72. The van der Waals surface area contributed by atoms with Gasteiger partial charge in [0.05, 0.1) is 6.54 Å². The third-order valence-corrected chi connectivity index (χ3v) is 4.72. The molecule has 2 heterocycles. The third-order valence-electron chi connectivity index (χ3n) is 3.43. The van der Waals surface area contributed by atoms with Crippen molar-refractivity contribution >= 4 is 21.4 Å². The van der Waals surface area contributed by atoms with Gasteiger partial charge in [-0.25, -0.2) is 0 Å². The maximum Gasteiger partial charge on any atom is 0.0560 e. The van der Waals surface area contributed by atoms with Gasteiger partial charge in [0.15, 0.2) is 0 Å². The number of nitrogens with zero attached hydrogens (tertiary/aromatic N) is 2. The summed E-state index contributed by atoms with van der Waals surface area (Å²) in [5.74, 6) is 0. The van der Waals surface area contributed by atoms with Crippen molar-refractivity contribution in [1.29, 1.82) is 0 Å². The van der Waals surface area contributed by atoms with Crippen molar-refractivity contribution in [1.82, 2.24) is 15.1 Å². The van der Waals surface area contributed by atoms with Gasteiger partial charge in [-0.05, 0) is 37.4 Å². The first-order valence-electron chi connectivity index (χ1n) is 6.94. The van der Waals surface area contributed by atoms with Crippen LogP contribution in [-0.4, -0.2) is 15.8 Å². The number of fused-ring (bicyclic) bond motifs is 1. The van der Waals surface area contributed by atoms with E-state index < -0.39 is 0 Å². The van der Waals surface area contributed by atoms with Crippen LogP contribution in [0.4, 0.5) is 0 Å². The van der Waals surface area contributed by atoms with Crippen LogP contribution in [0.25, 0.3) is 10.1 Å². The van der Waals surface area contributed by atoms with Gasteiger partial charge in [-0.2, -0.15) is 5.10 Å². The fourth-order valence-electron chi connectivity index (χ4n) is 2.47. The Hall–Kier alpha value is -1.65. The fraction of sp³-hybridized carbons (Fsp3) is 0.312. The highest BCUT2D eigenvalue weighted by molar-refractivity contribution is 7.19.